The Morgan fingerprint density at radius 1 is 1.42 bits per heavy atom. The van der Waals surface area contributed by atoms with E-state index in [0.717, 1.165) is 25.5 Å². The first-order valence-electron chi connectivity index (χ1n) is 6.75. The average molecular weight is 264 g/mol. The Labute approximate surface area is 115 Å². The molecular weight excluding hydrogens is 240 g/mol. The Hall–Kier alpha value is -1.49. The Morgan fingerprint density at radius 2 is 2.11 bits per heavy atom. The molecule has 106 valence electrons. The number of nitrogen functional groups attached to an aromatic ring is 1. The van der Waals surface area contributed by atoms with Gasteiger partial charge in [-0.3, -0.25) is 0 Å². The van der Waals surface area contributed by atoms with E-state index in [9.17, 15) is 0 Å². The second-order valence-corrected chi connectivity index (χ2v) is 5.76. The molecule has 0 atom stereocenters. The van der Waals surface area contributed by atoms with Gasteiger partial charge in [0.25, 0.3) is 0 Å². The number of pyridine rings is 1. The molecule has 19 heavy (non-hydrogen) atoms. The number of likely N-dealkylation sites (tertiary alicyclic amines) is 1. The van der Waals surface area contributed by atoms with Crippen molar-refractivity contribution in [3.8, 4) is 5.88 Å². The van der Waals surface area contributed by atoms with Gasteiger partial charge < -0.3 is 20.7 Å². The van der Waals surface area contributed by atoms with Gasteiger partial charge in [0.15, 0.2) is 5.82 Å². The fourth-order valence-corrected chi connectivity index (χ4v) is 2.34. The van der Waals surface area contributed by atoms with Crippen LogP contribution in [0.2, 0.25) is 0 Å². The Morgan fingerprint density at radius 3 is 2.74 bits per heavy atom. The highest BCUT2D eigenvalue weighted by Crippen LogP contribution is 2.31. The standard InChI is InChI=1S/C14H24N4O/c1-14(6-8-18(2)9-7-14)10-16-13-11(15)4-5-12(17-13)19-3/h4-5H,6-10,15H2,1-3H3,(H,16,17). The van der Waals surface area contributed by atoms with E-state index in [0.29, 0.717) is 17.0 Å². The zero-order valence-corrected chi connectivity index (χ0v) is 12.1. The summed E-state index contributed by atoms with van der Waals surface area (Å²) in [5.41, 5.74) is 6.91. The number of nitrogens with zero attached hydrogens (tertiary/aromatic N) is 2. The van der Waals surface area contributed by atoms with Gasteiger partial charge in [-0.15, -0.1) is 0 Å². The molecule has 0 radical (unpaired) electrons. The van der Waals surface area contributed by atoms with Crippen LogP contribution in [0, 0.1) is 5.41 Å². The maximum absolute atomic E-state index is 5.94. The minimum absolute atomic E-state index is 0.309. The summed E-state index contributed by atoms with van der Waals surface area (Å²) in [4.78, 5) is 6.73. The van der Waals surface area contributed by atoms with E-state index in [4.69, 9.17) is 10.5 Å². The first kappa shape index (κ1) is 13.9. The van der Waals surface area contributed by atoms with Crippen molar-refractivity contribution in [3.05, 3.63) is 12.1 Å². The second kappa shape index (κ2) is 5.65. The molecule has 1 aromatic rings. The summed E-state index contributed by atoms with van der Waals surface area (Å²) in [6.07, 6.45) is 2.39. The lowest BCUT2D eigenvalue weighted by Crippen LogP contribution is -2.40. The Bertz CT molecular complexity index is 427. The molecule has 5 heteroatoms. The third kappa shape index (κ3) is 3.50. The van der Waals surface area contributed by atoms with Crippen LogP contribution in [0.25, 0.3) is 0 Å². The van der Waals surface area contributed by atoms with Crippen LogP contribution in [-0.2, 0) is 0 Å². The van der Waals surface area contributed by atoms with Gasteiger partial charge in [-0.2, -0.15) is 4.98 Å². The Kier molecular flexibility index (Phi) is 4.14. The smallest absolute Gasteiger partial charge is 0.215 e. The molecule has 0 aromatic carbocycles. The van der Waals surface area contributed by atoms with Crippen molar-refractivity contribution in [1.82, 2.24) is 9.88 Å². The predicted molar refractivity (Wildman–Crippen MR) is 78.5 cm³/mol. The van der Waals surface area contributed by atoms with Gasteiger partial charge in [-0.25, -0.2) is 0 Å². The summed E-state index contributed by atoms with van der Waals surface area (Å²) in [7, 11) is 3.79. The number of anilines is 2. The van der Waals surface area contributed by atoms with Crippen molar-refractivity contribution >= 4 is 11.5 Å². The van der Waals surface area contributed by atoms with Crippen LogP contribution in [0.1, 0.15) is 19.8 Å². The highest BCUT2D eigenvalue weighted by Gasteiger charge is 2.28. The fourth-order valence-electron chi connectivity index (χ4n) is 2.34. The van der Waals surface area contributed by atoms with Crippen molar-refractivity contribution in [2.45, 2.75) is 19.8 Å². The highest BCUT2D eigenvalue weighted by molar-refractivity contribution is 5.62. The van der Waals surface area contributed by atoms with Gasteiger partial charge in [0.1, 0.15) is 0 Å². The molecule has 1 saturated heterocycles. The van der Waals surface area contributed by atoms with Gasteiger partial charge in [0, 0.05) is 12.6 Å². The Balaban J connectivity index is 1.98. The minimum atomic E-state index is 0.309. The quantitative estimate of drug-likeness (QED) is 0.868. The number of piperidine rings is 1. The maximum Gasteiger partial charge on any atom is 0.215 e. The van der Waals surface area contributed by atoms with Crippen LogP contribution < -0.4 is 15.8 Å². The average Bonchev–Trinajstić information content (AvgIpc) is 2.42. The fraction of sp³-hybridized carbons (Fsp3) is 0.643. The lowest BCUT2D eigenvalue weighted by molar-refractivity contribution is 0.150. The van der Waals surface area contributed by atoms with E-state index in [-0.39, 0.29) is 0 Å². The van der Waals surface area contributed by atoms with Crippen LogP contribution in [0.15, 0.2) is 12.1 Å². The molecule has 0 saturated carbocycles. The molecule has 0 amide bonds. The minimum Gasteiger partial charge on any atom is -0.481 e. The monoisotopic (exact) mass is 264 g/mol. The van der Waals surface area contributed by atoms with Crippen molar-refractivity contribution in [3.63, 3.8) is 0 Å². The van der Waals surface area contributed by atoms with E-state index in [1.807, 2.05) is 6.07 Å². The first-order valence-corrected chi connectivity index (χ1v) is 6.75. The summed E-state index contributed by atoms with van der Waals surface area (Å²) in [6, 6.07) is 3.60. The van der Waals surface area contributed by atoms with Gasteiger partial charge >= 0.3 is 0 Å². The molecule has 0 aliphatic carbocycles. The molecule has 1 aliphatic heterocycles. The largest absolute Gasteiger partial charge is 0.481 e. The van der Waals surface area contributed by atoms with Crippen LogP contribution >= 0.6 is 0 Å². The summed E-state index contributed by atoms with van der Waals surface area (Å²) in [6.45, 7) is 5.52. The summed E-state index contributed by atoms with van der Waals surface area (Å²) in [5.74, 6) is 1.31. The molecule has 1 aromatic heterocycles. The van der Waals surface area contributed by atoms with Crippen molar-refractivity contribution < 1.29 is 4.74 Å². The van der Waals surface area contributed by atoms with Crippen LogP contribution in [0.5, 0.6) is 5.88 Å². The molecule has 1 aliphatic rings. The van der Waals surface area contributed by atoms with Gasteiger partial charge in [-0.05, 0) is 44.5 Å². The third-order valence-electron chi connectivity index (χ3n) is 3.99. The molecule has 3 N–H and O–H groups in total. The number of hydrogen-bond acceptors (Lipinski definition) is 5. The van der Waals surface area contributed by atoms with Gasteiger partial charge in [0.05, 0.1) is 12.8 Å². The van der Waals surface area contributed by atoms with Crippen molar-refractivity contribution in [2.24, 2.45) is 5.41 Å². The summed E-state index contributed by atoms with van der Waals surface area (Å²) >= 11 is 0. The van der Waals surface area contributed by atoms with Crippen LogP contribution in [0.4, 0.5) is 11.5 Å². The number of nitrogens with two attached hydrogens (primary N) is 1. The first-order chi connectivity index (χ1) is 9.02. The van der Waals surface area contributed by atoms with Gasteiger partial charge in [0.2, 0.25) is 5.88 Å². The van der Waals surface area contributed by atoms with Crippen molar-refractivity contribution in [1.29, 1.82) is 0 Å². The molecule has 0 spiro atoms. The van der Waals surface area contributed by atoms with Crippen molar-refractivity contribution in [2.75, 3.05) is 44.8 Å². The second-order valence-electron chi connectivity index (χ2n) is 5.76. The lowest BCUT2D eigenvalue weighted by Gasteiger charge is -2.38. The normalized spacial score (nSPS) is 19.1. The topological polar surface area (TPSA) is 63.4 Å². The number of rotatable bonds is 4. The van der Waals surface area contributed by atoms with Crippen LogP contribution in [-0.4, -0.2) is 43.7 Å². The van der Waals surface area contributed by atoms with E-state index in [1.165, 1.54) is 12.8 Å². The van der Waals surface area contributed by atoms with Crippen LogP contribution in [0.3, 0.4) is 0 Å². The third-order valence-corrected chi connectivity index (χ3v) is 3.99. The molecule has 2 rings (SSSR count). The summed E-state index contributed by atoms with van der Waals surface area (Å²) in [5, 5.41) is 3.38. The summed E-state index contributed by atoms with van der Waals surface area (Å²) < 4.78 is 5.13. The number of nitrogens with one attached hydrogen (secondary N) is 1. The number of ether oxygens (including phenoxy) is 1. The van der Waals surface area contributed by atoms with Gasteiger partial charge in [-0.1, -0.05) is 6.92 Å². The molecule has 2 heterocycles. The predicted octanol–water partition coefficient (Wildman–Crippen LogP) is 1.82. The molecule has 0 unspecified atom stereocenters. The molecular formula is C14H24N4O. The van der Waals surface area contributed by atoms with E-state index in [2.05, 4.69) is 29.2 Å². The number of aromatic nitrogens is 1. The van der Waals surface area contributed by atoms with E-state index in [1.54, 1.807) is 13.2 Å². The SMILES string of the molecule is COc1ccc(N)c(NCC2(C)CCN(C)CC2)n1. The molecule has 1 fully saturated rings. The van der Waals surface area contributed by atoms with E-state index >= 15 is 0 Å². The highest BCUT2D eigenvalue weighted by atomic mass is 16.5. The number of hydrogen-bond donors (Lipinski definition) is 2. The number of methoxy groups -OCH3 is 1. The van der Waals surface area contributed by atoms with E-state index < -0.39 is 0 Å². The maximum atomic E-state index is 5.94. The zero-order valence-electron chi connectivity index (χ0n) is 12.1. The lowest BCUT2D eigenvalue weighted by atomic mass is 9.80. The molecule has 0 bridgehead atoms. The zero-order chi connectivity index (χ0) is 13.9. The molecule has 5 nitrogen and oxygen atoms in total.